The van der Waals surface area contributed by atoms with Crippen molar-refractivity contribution in [1.29, 1.82) is 0 Å². The number of anilines is 3. The van der Waals surface area contributed by atoms with E-state index in [1.807, 2.05) is 11.3 Å². The highest BCUT2D eigenvalue weighted by Crippen LogP contribution is 2.59. The van der Waals surface area contributed by atoms with Crippen LogP contribution in [-0.4, -0.2) is 0 Å². The van der Waals surface area contributed by atoms with E-state index in [-0.39, 0.29) is 5.41 Å². The third-order valence-electron chi connectivity index (χ3n) is 13.4. The Morgan fingerprint density at radius 2 is 0.983 bits per heavy atom. The molecule has 10 aromatic rings. The summed E-state index contributed by atoms with van der Waals surface area (Å²) >= 11 is 1.89. The maximum absolute atomic E-state index is 2.54. The van der Waals surface area contributed by atoms with Gasteiger partial charge in [-0.3, -0.25) is 0 Å². The molecule has 1 aromatic heterocycles. The molecule has 0 unspecified atom stereocenters. The minimum absolute atomic E-state index is 0.144. The van der Waals surface area contributed by atoms with E-state index in [1.54, 1.807) is 0 Å². The summed E-state index contributed by atoms with van der Waals surface area (Å²) in [7, 11) is 0. The van der Waals surface area contributed by atoms with E-state index in [1.165, 1.54) is 92.6 Å². The third kappa shape index (κ3) is 4.92. The Bertz CT molecular complexity index is 3250. The third-order valence-corrected chi connectivity index (χ3v) is 14.6. The van der Waals surface area contributed by atoms with Gasteiger partial charge >= 0.3 is 0 Å². The van der Waals surface area contributed by atoms with E-state index >= 15 is 0 Å². The number of hydrogen-bond acceptors (Lipinski definition) is 2. The smallest absolute Gasteiger partial charge is 0.0714 e. The normalized spacial score (nSPS) is 14.1. The van der Waals surface area contributed by atoms with Crippen molar-refractivity contribution in [2.24, 2.45) is 0 Å². The maximum atomic E-state index is 2.54. The monoisotopic (exact) mass is 783 g/mol. The molecule has 60 heavy (non-hydrogen) atoms. The zero-order chi connectivity index (χ0) is 40.0. The van der Waals surface area contributed by atoms with E-state index in [0.29, 0.717) is 0 Å². The fourth-order valence-electron chi connectivity index (χ4n) is 10.7. The highest BCUT2D eigenvalue weighted by Gasteiger charge is 2.46. The second-order valence-corrected chi connectivity index (χ2v) is 17.8. The van der Waals surface area contributed by atoms with E-state index in [2.05, 4.69) is 231 Å². The van der Waals surface area contributed by atoms with Crippen LogP contribution in [0.2, 0.25) is 0 Å². The van der Waals surface area contributed by atoms with Crippen LogP contribution >= 0.6 is 11.3 Å². The molecule has 1 heterocycles. The first-order valence-electron chi connectivity index (χ1n) is 20.9. The predicted molar refractivity (Wildman–Crippen MR) is 254 cm³/mol. The second-order valence-electron chi connectivity index (χ2n) is 16.8. The summed E-state index contributed by atoms with van der Waals surface area (Å²) in [5.41, 5.74) is 18.4. The lowest BCUT2D eigenvalue weighted by Crippen LogP contribution is -2.28. The van der Waals surface area contributed by atoms with E-state index in [9.17, 15) is 0 Å². The summed E-state index contributed by atoms with van der Waals surface area (Å²) in [6, 6.07) is 79.2. The molecule has 0 saturated heterocycles. The molecule has 2 heteroatoms. The first-order valence-corrected chi connectivity index (χ1v) is 21.7. The molecular weight excluding hydrogens is 743 g/mol. The molecule has 0 radical (unpaired) electrons. The molecule has 0 aliphatic heterocycles. The molecule has 9 aromatic carbocycles. The average molecular weight is 784 g/mol. The number of nitrogens with zero attached hydrogens (tertiary/aromatic N) is 1. The second kappa shape index (κ2) is 13.3. The Balaban J connectivity index is 1.15. The topological polar surface area (TPSA) is 3.24 Å². The highest BCUT2D eigenvalue weighted by atomic mass is 32.1. The van der Waals surface area contributed by atoms with Gasteiger partial charge in [0.05, 0.1) is 15.8 Å². The van der Waals surface area contributed by atoms with Gasteiger partial charge in [0.25, 0.3) is 0 Å². The van der Waals surface area contributed by atoms with Gasteiger partial charge in [0, 0.05) is 32.3 Å². The van der Waals surface area contributed by atoms with E-state index < -0.39 is 5.41 Å². The van der Waals surface area contributed by atoms with Gasteiger partial charge in [-0.25, -0.2) is 0 Å². The summed E-state index contributed by atoms with van der Waals surface area (Å²) in [5, 5.41) is 2.58. The summed E-state index contributed by atoms with van der Waals surface area (Å²) in [4.78, 5) is 2.54. The van der Waals surface area contributed by atoms with Crippen LogP contribution in [0, 0.1) is 0 Å². The predicted octanol–water partition coefficient (Wildman–Crippen LogP) is 15.9. The van der Waals surface area contributed by atoms with Crippen molar-refractivity contribution < 1.29 is 0 Å². The molecule has 0 spiro atoms. The molecule has 1 nitrogen and oxygen atoms in total. The molecular formula is C58H41NS. The van der Waals surface area contributed by atoms with Crippen LogP contribution in [0.5, 0.6) is 0 Å². The lowest BCUT2D eigenvalue weighted by atomic mass is 9.67. The summed E-state index contributed by atoms with van der Waals surface area (Å²) in [6.45, 7) is 4.76. The number of benzene rings is 9. The van der Waals surface area contributed by atoms with Crippen molar-refractivity contribution in [1.82, 2.24) is 0 Å². The maximum Gasteiger partial charge on any atom is 0.0714 e. The van der Waals surface area contributed by atoms with Crippen LogP contribution in [0.1, 0.15) is 47.2 Å². The van der Waals surface area contributed by atoms with Gasteiger partial charge < -0.3 is 4.90 Å². The van der Waals surface area contributed by atoms with Gasteiger partial charge in [0.15, 0.2) is 0 Å². The van der Waals surface area contributed by atoms with Gasteiger partial charge in [-0.2, -0.15) is 0 Å². The van der Waals surface area contributed by atoms with Crippen molar-refractivity contribution >= 4 is 48.6 Å². The quantitative estimate of drug-likeness (QED) is 0.162. The van der Waals surface area contributed by atoms with Crippen LogP contribution in [0.25, 0.3) is 53.6 Å². The Morgan fingerprint density at radius 1 is 0.400 bits per heavy atom. The molecule has 12 rings (SSSR count). The van der Waals surface area contributed by atoms with Gasteiger partial charge in [-0.15, -0.1) is 11.3 Å². The summed E-state index contributed by atoms with van der Waals surface area (Å²) in [5.74, 6) is 0. The van der Waals surface area contributed by atoms with Crippen molar-refractivity contribution in [2.45, 2.75) is 24.7 Å². The fraction of sp³-hybridized carbons (Fsp3) is 0.0690. The molecule has 2 aliphatic rings. The Hall–Kier alpha value is -7.00. The summed E-state index contributed by atoms with van der Waals surface area (Å²) in [6.07, 6.45) is 0. The van der Waals surface area contributed by atoms with Crippen LogP contribution in [0.3, 0.4) is 0 Å². The van der Waals surface area contributed by atoms with E-state index in [0.717, 1.165) is 11.4 Å². The van der Waals surface area contributed by atoms with Crippen molar-refractivity contribution in [2.75, 3.05) is 4.90 Å². The van der Waals surface area contributed by atoms with Crippen LogP contribution in [0.15, 0.2) is 212 Å². The molecule has 0 N–H and O–H groups in total. The van der Waals surface area contributed by atoms with Gasteiger partial charge in [-0.05, 0) is 103 Å². The number of fused-ring (bicyclic) bond motifs is 9. The molecule has 284 valence electrons. The minimum Gasteiger partial charge on any atom is -0.309 e. The largest absolute Gasteiger partial charge is 0.309 e. The lowest BCUT2D eigenvalue weighted by Gasteiger charge is -2.35. The molecule has 0 atom stereocenters. The molecule has 0 amide bonds. The van der Waals surface area contributed by atoms with Crippen molar-refractivity contribution in [3.63, 3.8) is 0 Å². The standard InChI is InChI=1S/C58H41NS/c1-57(2)49-35-33-41(36-48(49)55-43(26-16-29-51(55)57)38-18-6-3-7-19-38)59(53-30-17-27-47-46-25-13-15-31-54(46)60-56(47)53)42-32-34-45-44-24-12-14-28-50(44)58(52(45)37-42,39-20-8-4-9-21-39)40-22-10-5-11-23-40/h3-37H,1-2H3. The number of thiophene rings is 1. The van der Waals surface area contributed by atoms with Gasteiger partial charge in [-0.1, -0.05) is 190 Å². The highest BCUT2D eigenvalue weighted by molar-refractivity contribution is 7.26. The van der Waals surface area contributed by atoms with E-state index in [4.69, 9.17) is 0 Å². The fourth-order valence-corrected chi connectivity index (χ4v) is 11.9. The SMILES string of the molecule is CC1(C)c2ccc(N(c3ccc4c(c3)C(c3ccccc3)(c3ccccc3)c3ccccc3-4)c3cccc4c3sc3ccccc34)cc2-c2c(-c3ccccc3)cccc21. The van der Waals surface area contributed by atoms with Crippen LogP contribution < -0.4 is 4.90 Å². The van der Waals surface area contributed by atoms with Crippen LogP contribution in [0.4, 0.5) is 17.1 Å². The minimum atomic E-state index is -0.509. The Morgan fingerprint density at radius 3 is 1.77 bits per heavy atom. The molecule has 2 aliphatic carbocycles. The average Bonchev–Trinajstić information content (AvgIpc) is 3.91. The number of hydrogen-bond donors (Lipinski definition) is 0. The zero-order valence-corrected chi connectivity index (χ0v) is 34.4. The van der Waals surface area contributed by atoms with Crippen molar-refractivity contribution in [3.8, 4) is 33.4 Å². The Labute approximate surface area is 355 Å². The molecule has 0 fully saturated rings. The summed E-state index contributed by atoms with van der Waals surface area (Å²) < 4.78 is 2.58. The Kier molecular flexibility index (Phi) is 7.73. The van der Waals surface area contributed by atoms with Crippen LogP contribution in [-0.2, 0) is 10.8 Å². The van der Waals surface area contributed by atoms with Gasteiger partial charge in [0.2, 0.25) is 0 Å². The van der Waals surface area contributed by atoms with Crippen molar-refractivity contribution in [3.05, 3.63) is 246 Å². The first-order chi connectivity index (χ1) is 29.5. The molecule has 0 bridgehead atoms. The lowest BCUT2D eigenvalue weighted by molar-refractivity contribution is 0.660. The number of rotatable bonds is 6. The zero-order valence-electron chi connectivity index (χ0n) is 33.6. The van der Waals surface area contributed by atoms with Gasteiger partial charge in [0.1, 0.15) is 0 Å². The first kappa shape index (κ1) is 35.0. The molecule has 0 saturated carbocycles.